The average molecular weight is 709 g/mol. The van der Waals surface area contributed by atoms with E-state index in [2.05, 4.69) is 31.9 Å². The first-order valence-electron chi connectivity index (χ1n) is 16.4. The summed E-state index contributed by atoms with van der Waals surface area (Å²) in [6, 6.07) is 0.950. The number of benzene rings is 1. The lowest BCUT2D eigenvalue weighted by Gasteiger charge is -2.26. The standard InChI is InChI=1S/C32H52N8O10/c1-18(2)13-23(32(49)50)39-29(46)21(11-7-8-12-33)37-30(47)22(14-20-9-5-4-6-10-20)38-31(48)25(17-42)36-26(43)15-35-28(45)24(16-41)40-27(44)19(3)34/h4-6,9-10,18-19,21-25,41-42H,7-8,11-17,33-34H2,1-3H3,(H,35,45)(H,36,43)(H,37,47)(H,38,48)(H,39,46)(H,40,44)(H,49,50)/t19-,21-,22-,23-,24-,25-/m0/s1. The molecular weight excluding hydrogens is 656 g/mol. The molecule has 1 rings (SSSR count). The number of carboxylic acid groups (broad SMARTS) is 1. The second-order valence-corrected chi connectivity index (χ2v) is 12.2. The third-order valence-corrected chi connectivity index (χ3v) is 7.30. The molecule has 13 N–H and O–H groups in total. The van der Waals surface area contributed by atoms with Crippen LogP contribution < -0.4 is 43.4 Å². The molecule has 0 spiro atoms. The Morgan fingerprint density at radius 1 is 0.680 bits per heavy atom. The molecule has 0 radical (unpaired) electrons. The van der Waals surface area contributed by atoms with Gasteiger partial charge in [-0.1, -0.05) is 44.2 Å². The van der Waals surface area contributed by atoms with Crippen molar-refractivity contribution in [1.82, 2.24) is 31.9 Å². The van der Waals surface area contributed by atoms with Gasteiger partial charge in [-0.05, 0) is 50.6 Å². The van der Waals surface area contributed by atoms with E-state index >= 15 is 0 Å². The van der Waals surface area contributed by atoms with Gasteiger partial charge in [0.2, 0.25) is 35.4 Å². The summed E-state index contributed by atoms with van der Waals surface area (Å²) >= 11 is 0. The SMILES string of the molecule is CC(C)C[C@H](NC(=O)[C@H](CCCCN)NC(=O)[C@H](Cc1ccccc1)NC(=O)[C@H](CO)NC(=O)CNC(=O)[C@H](CO)NC(=O)[C@H](C)N)C(=O)O. The molecule has 50 heavy (non-hydrogen) atoms. The molecule has 1 aromatic carbocycles. The van der Waals surface area contributed by atoms with Crippen molar-refractivity contribution in [3.05, 3.63) is 35.9 Å². The Kier molecular flexibility index (Phi) is 19.8. The summed E-state index contributed by atoms with van der Waals surface area (Å²) in [6.07, 6.45) is 1.18. The predicted octanol–water partition coefficient (Wildman–Crippen LogP) is -3.64. The molecule has 0 aliphatic rings. The third kappa shape index (κ3) is 16.2. The molecule has 6 amide bonds. The summed E-state index contributed by atoms with van der Waals surface area (Å²) in [5, 5.41) is 43.2. The van der Waals surface area contributed by atoms with Crippen LogP contribution in [-0.4, -0.2) is 119 Å². The van der Waals surface area contributed by atoms with Crippen molar-refractivity contribution >= 4 is 41.4 Å². The minimum atomic E-state index is -1.58. The summed E-state index contributed by atoms with van der Waals surface area (Å²) in [5.41, 5.74) is 11.7. The highest BCUT2D eigenvalue weighted by atomic mass is 16.4. The molecule has 0 aromatic heterocycles. The minimum Gasteiger partial charge on any atom is -0.480 e. The molecule has 0 bridgehead atoms. The fourth-order valence-electron chi connectivity index (χ4n) is 4.56. The summed E-state index contributed by atoms with van der Waals surface area (Å²) < 4.78 is 0. The van der Waals surface area contributed by atoms with Crippen LogP contribution in [0.15, 0.2) is 30.3 Å². The van der Waals surface area contributed by atoms with Gasteiger partial charge in [-0.2, -0.15) is 0 Å². The second-order valence-electron chi connectivity index (χ2n) is 12.2. The molecule has 0 aliphatic heterocycles. The summed E-state index contributed by atoms with van der Waals surface area (Å²) in [4.78, 5) is 88.6. The van der Waals surface area contributed by atoms with Crippen LogP contribution in [-0.2, 0) is 40.0 Å². The van der Waals surface area contributed by atoms with Crippen molar-refractivity contribution in [3.63, 3.8) is 0 Å². The van der Waals surface area contributed by atoms with Gasteiger partial charge in [0.25, 0.3) is 0 Å². The maximum absolute atomic E-state index is 13.6. The quantitative estimate of drug-likeness (QED) is 0.0491. The highest BCUT2D eigenvalue weighted by Gasteiger charge is 2.32. The first-order valence-corrected chi connectivity index (χ1v) is 16.4. The van der Waals surface area contributed by atoms with Gasteiger partial charge >= 0.3 is 5.97 Å². The number of aliphatic hydroxyl groups is 2. The van der Waals surface area contributed by atoms with Gasteiger partial charge in [0.15, 0.2) is 0 Å². The number of nitrogens with one attached hydrogen (secondary N) is 6. The number of hydrogen-bond donors (Lipinski definition) is 11. The zero-order valence-electron chi connectivity index (χ0n) is 28.6. The molecule has 0 heterocycles. The molecule has 18 heteroatoms. The molecule has 0 saturated heterocycles. The van der Waals surface area contributed by atoms with Crippen LogP contribution in [0.3, 0.4) is 0 Å². The largest absolute Gasteiger partial charge is 0.480 e. The number of carboxylic acids is 1. The lowest BCUT2D eigenvalue weighted by Crippen LogP contribution is -2.59. The Labute approximate surface area is 290 Å². The summed E-state index contributed by atoms with van der Waals surface area (Å²) in [6.45, 7) is 2.91. The Morgan fingerprint density at radius 3 is 1.74 bits per heavy atom. The van der Waals surface area contributed by atoms with Crippen LogP contribution in [0.2, 0.25) is 0 Å². The smallest absolute Gasteiger partial charge is 0.326 e. The molecule has 0 unspecified atom stereocenters. The summed E-state index contributed by atoms with van der Waals surface area (Å²) in [5.74, 6) is -6.30. The highest BCUT2D eigenvalue weighted by molar-refractivity contribution is 5.96. The van der Waals surface area contributed by atoms with Crippen molar-refractivity contribution in [2.75, 3.05) is 26.3 Å². The topological polar surface area (TPSA) is 304 Å². The number of aliphatic hydroxyl groups excluding tert-OH is 2. The molecule has 6 atom stereocenters. The van der Waals surface area contributed by atoms with Gasteiger partial charge in [0.05, 0.1) is 25.8 Å². The van der Waals surface area contributed by atoms with Crippen LogP contribution in [0.1, 0.15) is 52.0 Å². The first kappa shape index (κ1) is 43.4. The fourth-order valence-corrected chi connectivity index (χ4v) is 4.56. The number of nitrogens with two attached hydrogens (primary N) is 2. The predicted molar refractivity (Wildman–Crippen MR) is 181 cm³/mol. The molecule has 0 aliphatic carbocycles. The van der Waals surface area contributed by atoms with Crippen LogP contribution in [0.25, 0.3) is 0 Å². The van der Waals surface area contributed by atoms with E-state index in [9.17, 15) is 48.9 Å². The zero-order chi connectivity index (χ0) is 37.8. The molecule has 0 saturated carbocycles. The normalized spacial score (nSPS) is 14.6. The molecule has 1 aromatic rings. The number of hydrogen-bond acceptors (Lipinski definition) is 11. The van der Waals surface area contributed by atoms with Crippen molar-refractivity contribution in [1.29, 1.82) is 0 Å². The average Bonchev–Trinajstić information content (AvgIpc) is 3.07. The van der Waals surface area contributed by atoms with Gasteiger partial charge in [-0.3, -0.25) is 28.8 Å². The van der Waals surface area contributed by atoms with E-state index in [0.29, 0.717) is 24.9 Å². The number of carbonyl (C=O) groups excluding carboxylic acids is 6. The number of rotatable bonds is 23. The molecule has 18 nitrogen and oxygen atoms in total. The summed E-state index contributed by atoms with van der Waals surface area (Å²) in [7, 11) is 0. The maximum Gasteiger partial charge on any atom is 0.326 e. The van der Waals surface area contributed by atoms with Crippen molar-refractivity contribution < 1.29 is 48.9 Å². The molecule has 280 valence electrons. The lowest BCUT2D eigenvalue weighted by molar-refractivity contribution is -0.143. The van der Waals surface area contributed by atoms with Gasteiger partial charge in [-0.15, -0.1) is 0 Å². The van der Waals surface area contributed by atoms with E-state index in [1.54, 1.807) is 44.2 Å². The third-order valence-electron chi connectivity index (χ3n) is 7.30. The van der Waals surface area contributed by atoms with E-state index in [4.69, 9.17) is 11.5 Å². The highest BCUT2D eigenvalue weighted by Crippen LogP contribution is 2.09. The maximum atomic E-state index is 13.6. The van der Waals surface area contributed by atoms with E-state index in [1.165, 1.54) is 6.92 Å². The Hall–Kier alpha value is -4.65. The first-order chi connectivity index (χ1) is 23.6. The number of carbonyl (C=O) groups is 7. The Balaban J connectivity index is 3.10. The van der Waals surface area contributed by atoms with Crippen LogP contribution in [0, 0.1) is 5.92 Å². The van der Waals surface area contributed by atoms with Crippen LogP contribution in [0.5, 0.6) is 0 Å². The Bertz CT molecular complexity index is 1280. The minimum absolute atomic E-state index is 0.0474. The van der Waals surface area contributed by atoms with Crippen molar-refractivity contribution in [2.45, 2.75) is 89.1 Å². The lowest BCUT2D eigenvalue weighted by atomic mass is 10.0. The second kappa shape index (κ2) is 22.9. The van der Waals surface area contributed by atoms with E-state index in [-0.39, 0.29) is 25.2 Å². The van der Waals surface area contributed by atoms with Crippen LogP contribution in [0.4, 0.5) is 0 Å². The van der Waals surface area contributed by atoms with Gasteiger partial charge < -0.3 is 58.7 Å². The number of aliphatic carboxylic acids is 1. The molecule has 0 fully saturated rings. The van der Waals surface area contributed by atoms with Crippen LogP contribution >= 0.6 is 0 Å². The molecular formula is C32H52N8O10. The Morgan fingerprint density at radius 2 is 1.20 bits per heavy atom. The number of unbranched alkanes of at least 4 members (excludes halogenated alkanes) is 1. The monoisotopic (exact) mass is 708 g/mol. The van der Waals surface area contributed by atoms with Crippen molar-refractivity contribution in [3.8, 4) is 0 Å². The van der Waals surface area contributed by atoms with E-state index < -0.39 is 97.4 Å². The zero-order valence-corrected chi connectivity index (χ0v) is 28.6. The van der Waals surface area contributed by atoms with E-state index in [1.807, 2.05) is 0 Å². The fraction of sp³-hybridized carbons (Fsp3) is 0.594. The van der Waals surface area contributed by atoms with E-state index in [0.717, 1.165) is 0 Å². The van der Waals surface area contributed by atoms with Crippen molar-refractivity contribution in [2.24, 2.45) is 17.4 Å². The van der Waals surface area contributed by atoms with Gasteiger partial charge in [-0.25, -0.2) is 4.79 Å². The van der Waals surface area contributed by atoms with Gasteiger partial charge in [0, 0.05) is 6.42 Å². The van der Waals surface area contributed by atoms with Gasteiger partial charge in [0.1, 0.15) is 30.2 Å². The number of amides is 6.